The van der Waals surface area contributed by atoms with Gasteiger partial charge in [-0.2, -0.15) is 0 Å². The van der Waals surface area contributed by atoms with Gasteiger partial charge in [-0.15, -0.1) is 24.0 Å². The zero-order valence-corrected chi connectivity index (χ0v) is 20.2. The summed E-state index contributed by atoms with van der Waals surface area (Å²) in [7, 11) is 1.65. The fourth-order valence-corrected chi connectivity index (χ4v) is 4.21. The summed E-state index contributed by atoms with van der Waals surface area (Å²) in [6, 6.07) is 7.55. The van der Waals surface area contributed by atoms with Crippen LogP contribution in [0.2, 0.25) is 0 Å². The van der Waals surface area contributed by atoms with Gasteiger partial charge >= 0.3 is 0 Å². The first-order chi connectivity index (χ1) is 13.7. The van der Waals surface area contributed by atoms with Gasteiger partial charge < -0.3 is 25.0 Å². The summed E-state index contributed by atoms with van der Waals surface area (Å²) < 4.78 is 5.18. The highest BCUT2D eigenvalue weighted by molar-refractivity contribution is 14.0. The average Bonchev–Trinajstić information content (AvgIpc) is 3.20. The zero-order chi connectivity index (χ0) is 19.8. The number of guanidine groups is 1. The second-order valence-corrected chi connectivity index (χ2v) is 7.95. The van der Waals surface area contributed by atoms with Gasteiger partial charge in [-0.3, -0.25) is 4.99 Å². The number of hydrogen-bond acceptors (Lipinski definition) is 4. The fourth-order valence-electron chi connectivity index (χ4n) is 4.21. The maximum Gasteiger partial charge on any atom is 0.194 e. The average molecular weight is 516 g/mol. The number of aliphatic imine (C=N–C) groups is 1. The summed E-state index contributed by atoms with van der Waals surface area (Å²) in [5.41, 5.74) is 0.866. The van der Waals surface area contributed by atoms with E-state index in [-0.39, 0.29) is 24.0 Å². The number of halogens is 1. The van der Waals surface area contributed by atoms with Crippen LogP contribution in [0.15, 0.2) is 29.3 Å². The Morgan fingerprint density at radius 2 is 1.93 bits per heavy atom. The van der Waals surface area contributed by atoms with Crippen LogP contribution in [-0.2, 0) is 0 Å². The summed E-state index contributed by atoms with van der Waals surface area (Å²) in [5, 5.41) is 13.9. The molecule has 2 unspecified atom stereocenters. The molecule has 2 aliphatic rings. The number of benzene rings is 1. The van der Waals surface area contributed by atoms with Crippen molar-refractivity contribution in [3.05, 3.63) is 29.8 Å². The Hall–Kier alpha value is -1.06. The number of nitrogens with one attached hydrogen (secondary N) is 1. The van der Waals surface area contributed by atoms with Gasteiger partial charge in [0.15, 0.2) is 5.96 Å². The molecular weight excluding hydrogens is 479 g/mol. The standard InChI is InChI=1S/C22H36N4O2.HI/c1-3-23-22(24-15-21(27)19-7-9-20(28-2)10-8-19)26-14-11-18(17-26)16-25-12-5-4-6-13-25;/h7-10,18,21,27H,3-6,11-17H2,1-2H3,(H,23,24);1H. The Balaban J connectivity index is 0.00000300. The molecule has 2 N–H and O–H groups in total. The van der Waals surface area contributed by atoms with Crippen LogP contribution < -0.4 is 10.1 Å². The van der Waals surface area contributed by atoms with Crippen LogP contribution in [0.5, 0.6) is 5.75 Å². The van der Waals surface area contributed by atoms with Crippen molar-refractivity contribution >= 4 is 29.9 Å². The van der Waals surface area contributed by atoms with E-state index in [4.69, 9.17) is 9.73 Å². The van der Waals surface area contributed by atoms with Crippen molar-refractivity contribution in [1.82, 2.24) is 15.1 Å². The molecule has 0 spiro atoms. The summed E-state index contributed by atoms with van der Waals surface area (Å²) >= 11 is 0. The number of ether oxygens (including phenoxy) is 1. The fraction of sp³-hybridized carbons (Fsp3) is 0.682. The van der Waals surface area contributed by atoms with Crippen LogP contribution >= 0.6 is 24.0 Å². The van der Waals surface area contributed by atoms with Gasteiger partial charge in [0.05, 0.1) is 19.8 Å². The third-order valence-electron chi connectivity index (χ3n) is 5.80. The molecule has 29 heavy (non-hydrogen) atoms. The van der Waals surface area contributed by atoms with Crippen molar-refractivity contribution in [2.24, 2.45) is 10.9 Å². The lowest BCUT2D eigenvalue weighted by atomic mass is 10.1. The van der Waals surface area contributed by atoms with Crippen LogP contribution in [0.4, 0.5) is 0 Å². The van der Waals surface area contributed by atoms with Crippen molar-refractivity contribution in [3.8, 4) is 5.75 Å². The first-order valence-electron chi connectivity index (χ1n) is 10.8. The van der Waals surface area contributed by atoms with E-state index < -0.39 is 6.10 Å². The van der Waals surface area contributed by atoms with Crippen LogP contribution in [0, 0.1) is 5.92 Å². The van der Waals surface area contributed by atoms with Crippen molar-refractivity contribution in [1.29, 1.82) is 0 Å². The molecule has 0 aromatic heterocycles. The Labute approximate surface area is 192 Å². The third kappa shape index (κ3) is 7.29. The van der Waals surface area contributed by atoms with Crippen LogP contribution in [0.1, 0.15) is 44.3 Å². The largest absolute Gasteiger partial charge is 0.497 e. The van der Waals surface area contributed by atoms with E-state index in [2.05, 4.69) is 22.0 Å². The molecule has 0 bridgehead atoms. The summed E-state index contributed by atoms with van der Waals surface area (Å²) in [6.07, 6.45) is 4.71. The second kappa shape index (κ2) is 12.6. The summed E-state index contributed by atoms with van der Waals surface area (Å²) in [4.78, 5) is 9.73. The van der Waals surface area contributed by atoms with Gasteiger partial charge in [0.25, 0.3) is 0 Å². The van der Waals surface area contributed by atoms with Crippen molar-refractivity contribution in [2.45, 2.75) is 38.7 Å². The van der Waals surface area contributed by atoms with E-state index in [0.717, 1.165) is 36.9 Å². The van der Waals surface area contributed by atoms with Gasteiger partial charge in [-0.05, 0) is 62.9 Å². The number of aliphatic hydroxyl groups is 1. The molecule has 164 valence electrons. The lowest BCUT2D eigenvalue weighted by molar-refractivity contribution is 0.186. The van der Waals surface area contributed by atoms with Gasteiger partial charge in [-0.25, -0.2) is 0 Å². The first-order valence-corrected chi connectivity index (χ1v) is 10.8. The summed E-state index contributed by atoms with van der Waals surface area (Å²) in [5.74, 6) is 2.44. The minimum Gasteiger partial charge on any atom is -0.497 e. The number of likely N-dealkylation sites (tertiary alicyclic amines) is 2. The Kier molecular flexibility index (Phi) is 10.5. The van der Waals surface area contributed by atoms with E-state index in [1.165, 1.54) is 45.3 Å². The smallest absolute Gasteiger partial charge is 0.194 e. The Bertz CT molecular complexity index is 620. The van der Waals surface area contributed by atoms with Crippen LogP contribution in [0.25, 0.3) is 0 Å². The molecule has 6 nitrogen and oxygen atoms in total. The van der Waals surface area contributed by atoms with Crippen molar-refractivity contribution in [2.75, 3.05) is 52.9 Å². The monoisotopic (exact) mass is 516 g/mol. The van der Waals surface area contributed by atoms with E-state index in [9.17, 15) is 5.11 Å². The van der Waals surface area contributed by atoms with E-state index in [0.29, 0.717) is 12.5 Å². The molecule has 2 fully saturated rings. The molecule has 2 saturated heterocycles. The molecule has 2 heterocycles. The topological polar surface area (TPSA) is 60.3 Å². The normalized spacial score (nSPS) is 21.6. The molecule has 2 atom stereocenters. The van der Waals surface area contributed by atoms with E-state index in [1.54, 1.807) is 7.11 Å². The number of rotatable bonds is 7. The molecular formula is C22H37IN4O2. The predicted octanol–water partition coefficient (Wildman–Crippen LogP) is 3.12. The van der Waals surface area contributed by atoms with Gasteiger partial charge in [0, 0.05) is 26.2 Å². The SMILES string of the molecule is CCNC(=NCC(O)c1ccc(OC)cc1)N1CCC(CN2CCCCC2)C1.I. The number of aliphatic hydroxyl groups excluding tert-OH is 1. The molecule has 1 aromatic rings. The Morgan fingerprint density at radius 3 is 2.59 bits per heavy atom. The molecule has 0 aliphatic carbocycles. The zero-order valence-electron chi connectivity index (χ0n) is 17.8. The predicted molar refractivity (Wildman–Crippen MR) is 129 cm³/mol. The lowest BCUT2D eigenvalue weighted by Crippen LogP contribution is -2.41. The molecule has 7 heteroatoms. The minimum absolute atomic E-state index is 0. The van der Waals surface area contributed by atoms with E-state index in [1.807, 2.05) is 24.3 Å². The molecule has 1 aromatic carbocycles. The summed E-state index contributed by atoms with van der Waals surface area (Å²) in [6.45, 7) is 9.13. The molecule has 0 saturated carbocycles. The molecule has 0 radical (unpaired) electrons. The van der Waals surface area contributed by atoms with Crippen molar-refractivity contribution in [3.63, 3.8) is 0 Å². The van der Waals surface area contributed by atoms with Gasteiger partial charge in [0.2, 0.25) is 0 Å². The molecule has 2 aliphatic heterocycles. The third-order valence-corrected chi connectivity index (χ3v) is 5.80. The highest BCUT2D eigenvalue weighted by Gasteiger charge is 2.27. The van der Waals surface area contributed by atoms with Crippen LogP contribution in [-0.4, -0.2) is 73.8 Å². The number of methoxy groups -OCH3 is 1. The highest BCUT2D eigenvalue weighted by atomic mass is 127. The molecule has 0 amide bonds. The maximum atomic E-state index is 10.5. The Morgan fingerprint density at radius 1 is 1.21 bits per heavy atom. The molecule has 3 rings (SSSR count). The highest BCUT2D eigenvalue weighted by Crippen LogP contribution is 2.21. The number of hydrogen-bond donors (Lipinski definition) is 2. The minimum atomic E-state index is -0.605. The number of piperidine rings is 1. The van der Waals surface area contributed by atoms with Crippen molar-refractivity contribution < 1.29 is 9.84 Å². The quantitative estimate of drug-likeness (QED) is 0.332. The van der Waals surface area contributed by atoms with Crippen LogP contribution in [0.3, 0.4) is 0 Å². The van der Waals surface area contributed by atoms with Gasteiger partial charge in [-0.1, -0.05) is 18.6 Å². The van der Waals surface area contributed by atoms with Gasteiger partial charge in [0.1, 0.15) is 5.75 Å². The maximum absolute atomic E-state index is 10.5. The second-order valence-electron chi connectivity index (χ2n) is 7.95. The lowest BCUT2D eigenvalue weighted by Gasteiger charge is -2.29. The van der Waals surface area contributed by atoms with E-state index >= 15 is 0 Å². The number of nitrogens with zero attached hydrogens (tertiary/aromatic N) is 3. The first kappa shape index (κ1) is 24.2.